The molecule has 0 bridgehead atoms. The van der Waals surface area contributed by atoms with Crippen LogP contribution in [0.15, 0.2) is 57.5 Å². The van der Waals surface area contributed by atoms with Crippen molar-refractivity contribution in [3.8, 4) is 5.75 Å². The van der Waals surface area contributed by atoms with Gasteiger partial charge in [0.15, 0.2) is 5.75 Å². The Morgan fingerprint density at radius 3 is 1.72 bits per heavy atom. The highest BCUT2D eigenvalue weighted by atomic mass is 19.4. The minimum atomic E-state index is -4.99. The number of rotatable bonds is 2. The summed E-state index contributed by atoms with van der Waals surface area (Å²) in [4.78, 5) is 11.2. The molecule has 2 aromatic rings. The summed E-state index contributed by atoms with van der Waals surface area (Å²) in [5, 5.41) is 16.0. The van der Waals surface area contributed by atoms with Gasteiger partial charge in [-0.05, 0) is 42.5 Å². The molecule has 0 aliphatic heterocycles. The Morgan fingerprint density at radius 2 is 1.20 bits per heavy atom. The Balaban J connectivity index is 2.48. The summed E-state index contributed by atoms with van der Waals surface area (Å²) in [5.41, 5.74) is -4.49. The van der Waals surface area contributed by atoms with Gasteiger partial charge in [-0.2, -0.15) is 36.6 Å². The molecule has 0 radical (unpaired) electrons. The van der Waals surface area contributed by atoms with Crippen molar-refractivity contribution in [3.05, 3.63) is 63.8 Å². The largest absolute Gasteiger partial charge is 0.504 e. The van der Waals surface area contributed by atoms with Crippen molar-refractivity contribution in [1.82, 2.24) is 0 Å². The van der Waals surface area contributed by atoms with Crippen LogP contribution in [0.5, 0.6) is 5.75 Å². The van der Waals surface area contributed by atoms with Crippen LogP contribution in [-0.4, -0.2) is 5.11 Å². The van der Waals surface area contributed by atoms with Crippen LogP contribution in [0.1, 0.15) is 11.1 Å². The van der Waals surface area contributed by atoms with Gasteiger partial charge in [-0.25, -0.2) is 0 Å². The maximum Gasteiger partial charge on any atom is 0.416 e. The van der Waals surface area contributed by atoms with Crippen LogP contribution in [-0.2, 0) is 12.4 Å². The van der Waals surface area contributed by atoms with E-state index in [2.05, 4.69) is 10.2 Å². The summed E-state index contributed by atoms with van der Waals surface area (Å²) in [7, 11) is 0. The summed E-state index contributed by atoms with van der Waals surface area (Å²) < 4.78 is 76.4. The third-order valence-corrected chi connectivity index (χ3v) is 2.92. The summed E-state index contributed by atoms with van der Waals surface area (Å²) in [6.07, 6.45) is -9.98. The van der Waals surface area contributed by atoms with Crippen molar-refractivity contribution in [2.45, 2.75) is 12.4 Å². The minimum Gasteiger partial charge on any atom is -0.504 e. The molecule has 0 saturated carbocycles. The summed E-state index contributed by atoms with van der Waals surface area (Å²) in [6, 6.07) is 4.93. The zero-order valence-electron chi connectivity index (χ0n) is 12.1. The van der Waals surface area contributed by atoms with Crippen LogP contribution < -0.4 is 5.43 Å². The van der Waals surface area contributed by atoms with Gasteiger partial charge in [-0.1, -0.05) is 0 Å². The lowest BCUT2D eigenvalue weighted by Gasteiger charge is -2.12. The number of benzene rings is 1. The summed E-state index contributed by atoms with van der Waals surface area (Å²) >= 11 is 0. The van der Waals surface area contributed by atoms with Gasteiger partial charge in [-0.3, -0.25) is 4.79 Å². The average molecular weight is 362 g/mol. The molecule has 132 valence electrons. The highest BCUT2D eigenvalue weighted by Gasteiger charge is 2.36. The molecule has 0 aliphatic carbocycles. The minimum absolute atomic E-state index is 0.0245. The van der Waals surface area contributed by atoms with Crippen molar-refractivity contribution >= 4 is 11.4 Å². The Bertz CT molecular complexity index is 843. The standard InChI is InChI=1S/C15H8F6N2O2/c16-14(17,18)8-5-9(15(19,20)21)7-11(6-8)23-22-10-1-3-12(24)13(25)4-2-10/h1-7H,(H,24,25). The molecule has 1 N–H and O–H groups in total. The lowest BCUT2D eigenvalue weighted by atomic mass is 10.1. The second-order valence-electron chi connectivity index (χ2n) is 4.81. The average Bonchev–Trinajstić information content (AvgIpc) is 2.66. The number of halogens is 6. The SMILES string of the molecule is O=c1ccc(N=Nc2cc(C(F)(F)F)cc(C(F)(F)F)c2)ccc1O. The molecule has 2 rings (SSSR count). The normalized spacial score (nSPS) is 12.6. The first kappa shape index (κ1) is 18.4. The molecule has 10 heteroatoms. The first-order valence-corrected chi connectivity index (χ1v) is 6.51. The second kappa shape index (κ2) is 6.54. The number of hydrogen-bond acceptors (Lipinski definition) is 4. The highest BCUT2D eigenvalue weighted by Crippen LogP contribution is 2.38. The van der Waals surface area contributed by atoms with Crippen LogP contribution in [0.3, 0.4) is 0 Å². The fourth-order valence-electron chi connectivity index (χ4n) is 1.73. The van der Waals surface area contributed by atoms with Gasteiger partial charge in [-0.15, -0.1) is 0 Å². The van der Waals surface area contributed by atoms with Crippen molar-refractivity contribution in [2.24, 2.45) is 10.2 Å². The van der Waals surface area contributed by atoms with Crippen molar-refractivity contribution in [3.63, 3.8) is 0 Å². The van der Waals surface area contributed by atoms with Crippen LogP contribution in [0.2, 0.25) is 0 Å². The van der Waals surface area contributed by atoms with Crippen LogP contribution in [0.4, 0.5) is 37.7 Å². The lowest BCUT2D eigenvalue weighted by Crippen LogP contribution is -2.10. The van der Waals surface area contributed by atoms with Crippen LogP contribution in [0, 0.1) is 0 Å². The molecule has 2 aromatic carbocycles. The van der Waals surface area contributed by atoms with E-state index < -0.39 is 40.3 Å². The van der Waals surface area contributed by atoms with E-state index >= 15 is 0 Å². The van der Waals surface area contributed by atoms with Crippen molar-refractivity contribution in [2.75, 3.05) is 0 Å². The highest BCUT2D eigenvalue weighted by molar-refractivity contribution is 5.47. The molecule has 25 heavy (non-hydrogen) atoms. The fraction of sp³-hybridized carbons (Fsp3) is 0.133. The predicted molar refractivity (Wildman–Crippen MR) is 75.0 cm³/mol. The first-order valence-electron chi connectivity index (χ1n) is 6.51. The van der Waals surface area contributed by atoms with E-state index in [9.17, 15) is 36.2 Å². The Hall–Kier alpha value is -2.91. The quantitative estimate of drug-likeness (QED) is 0.589. The van der Waals surface area contributed by atoms with E-state index in [1.165, 1.54) is 0 Å². The van der Waals surface area contributed by atoms with Gasteiger partial charge >= 0.3 is 12.4 Å². The second-order valence-corrected chi connectivity index (χ2v) is 4.81. The molecule has 0 spiro atoms. The molecule has 0 aromatic heterocycles. The monoisotopic (exact) mass is 362 g/mol. The number of aromatic hydroxyl groups is 1. The maximum absolute atomic E-state index is 12.7. The number of hydrogen-bond donors (Lipinski definition) is 1. The van der Waals surface area contributed by atoms with E-state index in [1.54, 1.807) is 0 Å². The number of nitrogens with zero attached hydrogens (tertiary/aromatic N) is 2. The summed E-state index contributed by atoms with van der Waals surface area (Å²) in [5.74, 6) is -0.597. The summed E-state index contributed by atoms with van der Waals surface area (Å²) in [6.45, 7) is 0. The molecule has 0 atom stereocenters. The third kappa shape index (κ3) is 4.78. The number of alkyl halides is 6. The van der Waals surface area contributed by atoms with Gasteiger partial charge in [0.1, 0.15) is 0 Å². The fourth-order valence-corrected chi connectivity index (χ4v) is 1.73. The molecule has 4 nitrogen and oxygen atoms in total. The molecule has 0 heterocycles. The van der Waals surface area contributed by atoms with Crippen LogP contribution in [0.25, 0.3) is 0 Å². The molecular weight excluding hydrogens is 354 g/mol. The van der Waals surface area contributed by atoms with Gasteiger partial charge in [0.05, 0.1) is 22.5 Å². The van der Waals surface area contributed by atoms with E-state index in [1.807, 2.05) is 0 Å². The van der Waals surface area contributed by atoms with E-state index in [0.717, 1.165) is 24.3 Å². The number of azo groups is 1. The Labute approximate surface area is 136 Å². The smallest absolute Gasteiger partial charge is 0.416 e. The van der Waals surface area contributed by atoms with Crippen LogP contribution >= 0.6 is 0 Å². The third-order valence-electron chi connectivity index (χ3n) is 2.92. The molecule has 0 saturated heterocycles. The zero-order valence-corrected chi connectivity index (χ0v) is 12.1. The van der Waals surface area contributed by atoms with Gasteiger partial charge in [0.25, 0.3) is 0 Å². The zero-order chi connectivity index (χ0) is 18.8. The van der Waals surface area contributed by atoms with Gasteiger partial charge in [0, 0.05) is 0 Å². The van der Waals surface area contributed by atoms with E-state index in [-0.39, 0.29) is 11.8 Å². The van der Waals surface area contributed by atoms with Crippen molar-refractivity contribution < 1.29 is 31.4 Å². The van der Waals surface area contributed by atoms with Crippen molar-refractivity contribution in [1.29, 1.82) is 0 Å². The molecule has 0 aliphatic rings. The predicted octanol–water partition coefficient (Wildman–Crippen LogP) is 5.21. The van der Waals surface area contributed by atoms with Gasteiger partial charge < -0.3 is 5.11 Å². The van der Waals surface area contributed by atoms with E-state index in [4.69, 9.17) is 0 Å². The maximum atomic E-state index is 12.7. The molecule has 0 amide bonds. The van der Waals surface area contributed by atoms with Gasteiger partial charge in [0.2, 0.25) is 5.43 Å². The topological polar surface area (TPSA) is 62.0 Å². The van der Waals surface area contributed by atoms with E-state index in [0.29, 0.717) is 12.1 Å². The first-order chi connectivity index (χ1) is 11.5. The lowest BCUT2D eigenvalue weighted by molar-refractivity contribution is -0.143. The molecule has 0 fully saturated rings. The Kier molecular flexibility index (Phi) is 4.82. The molecule has 0 unspecified atom stereocenters. The molecular formula is C15H8F6N2O2. The Morgan fingerprint density at radius 1 is 0.720 bits per heavy atom.